The fraction of sp³-hybridized carbons (Fsp3) is 0.647. The van der Waals surface area contributed by atoms with Crippen LogP contribution in [0.5, 0.6) is 0 Å². The fourth-order valence-corrected chi connectivity index (χ4v) is 4.24. The first-order valence-corrected chi connectivity index (χ1v) is 7.94. The number of hydrogen-bond acceptors (Lipinski definition) is 2. The number of hydrogen-bond donors (Lipinski definition) is 2. The summed E-state index contributed by atoms with van der Waals surface area (Å²) in [4.78, 5) is 0. The summed E-state index contributed by atoms with van der Waals surface area (Å²) < 4.78 is 0. The molecule has 0 amide bonds. The summed E-state index contributed by atoms with van der Waals surface area (Å²) in [5.74, 6) is 7.34. The van der Waals surface area contributed by atoms with Crippen LogP contribution in [0.3, 0.4) is 0 Å². The summed E-state index contributed by atoms with van der Waals surface area (Å²) >= 11 is 0. The molecule has 2 unspecified atom stereocenters. The highest BCUT2D eigenvalue weighted by Crippen LogP contribution is 2.39. The SMILES string of the molecule is NNC(C1CCCCC1)C1CCCc2ccccc21. The predicted octanol–water partition coefficient (Wildman–Crippen LogP) is 3.52. The Kier molecular flexibility index (Phi) is 4.19. The Balaban J connectivity index is 1.83. The van der Waals surface area contributed by atoms with E-state index in [1.54, 1.807) is 11.1 Å². The van der Waals surface area contributed by atoms with Gasteiger partial charge in [0, 0.05) is 12.0 Å². The second-order valence-corrected chi connectivity index (χ2v) is 6.29. The molecule has 1 saturated carbocycles. The average Bonchev–Trinajstić information content (AvgIpc) is 2.49. The molecule has 104 valence electrons. The monoisotopic (exact) mass is 258 g/mol. The molecule has 0 heterocycles. The van der Waals surface area contributed by atoms with Gasteiger partial charge in [0.1, 0.15) is 0 Å². The lowest BCUT2D eigenvalue weighted by Gasteiger charge is -2.38. The van der Waals surface area contributed by atoms with Gasteiger partial charge in [-0.1, -0.05) is 43.5 Å². The van der Waals surface area contributed by atoms with Gasteiger partial charge in [-0.15, -0.1) is 0 Å². The maximum Gasteiger partial charge on any atom is 0.0307 e. The Bertz CT molecular complexity index is 409. The van der Waals surface area contributed by atoms with Gasteiger partial charge in [0.25, 0.3) is 0 Å². The summed E-state index contributed by atoms with van der Waals surface area (Å²) in [7, 11) is 0. The van der Waals surface area contributed by atoms with Gasteiger partial charge in [0.05, 0.1) is 0 Å². The van der Waals surface area contributed by atoms with E-state index in [1.165, 1.54) is 51.4 Å². The van der Waals surface area contributed by atoms with E-state index in [0.717, 1.165) is 5.92 Å². The second-order valence-electron chi connectivity index (χ2n) is 6.29. The molecule has 19 heavy (non-hydrogen) atoms. The maximum absolute atomic E-state index is 5.94. The van der Waals surface area contributed by atoms with Gasteiger partial charge in [-0.25, -0.2) is 0 Å². The van der Waals surface area contributed by atoms with Crippen molar-refractivity contribution in [1.29, 1.82) is 0 Å². The third-order valence-corrected chi connectivity index (χ3v) is 5.20. The van der Waals surface area contributed by atoms with Gasteiger partial charge < -0.3 is 0 Å². The number of nitrogens with one attached hydrogen (secondary N) is 1. The van der Waals surface area contributed by atoms with Crippen molar-refractivity contribution in [1.82, 2.24) is 5.43 Å². The number of fused-ring (bicyclic) bond motifs is 1. The van der Waals surface area contributed by atoms with Crippen molar-refractivity contribution in [3.8, 4) is 0 Å². The standard InChI is InChI=1S/C17H26N2/c18-19-17(14-8-2-1-3-9-14)16-12-6-10-13-7-4-5-11-15(13)16/h4-5,7,11,14,16-17,19H,1-3,6,8-10,12,18H2. The van der Waals surface area contributed by atoms with E-state index in [1.807, 2.05) is 0 Å². The van der Waals surface area contributed by atoms with Gasteiger partial charge in [-0.3, -0.25) is 11.3 Å². The topological polar surface area (TPSA) is 38.0 Å². The first-order chi connectivity index (χ1) is 9.40. The van der Waals surface area contributed by atoms with Crippen molar-refractivity contribution in [3.63, 3.8) is 0 Å². The van der Waals surface area contributed by atoms with Crippen molar-refractivity contribution in [2.45, 2.75) is 63.3 Å². The van der Waals surface area contributed by atoms with Crippen LogP contribution in [0.25, 0.3) is 0 Å². The zero-order valence-corrected chi connectivity index (χ0v) is 11.8. The molecule has 2 aliphatic rings. The maximum atomic E-state index is 5.94. The summed E-state index contributed by atoms with van der Waals surface area (Å²) in [6.07, 6.45) is 10.7. The van der Waals surface area contributed by atoms with Crippen LogP contribution < -0.4 is 11.3 Å². The quantitative estimate of drug-likeness (QED) is 0.643. The van der Waals surface area contributed by atoms with Crippen LogP contribution >= 0.6 is 0 Å². The molecule has 0 bridgehead atoms. The number of hydrazine groups is 1. The van der Waals surface area contributed by atoms with Gasteiger partial charge in [0.2, 0.25) is 0 Å². The number of nitrogens with two attached hydrogens (primary N) is 1. The molecule has 2 aliphatic carbocycles. The van der Waals surface area contributed by atoms with Gasteiger partial charge in [-0.2, -0.15) is 0 Å². The van der Waals surface area contributed by atoms with Crippen LogP contribution in [0, 0.1) is 5.92 Å². The Labute approximate surface area is 116 Å². The van der Waals surface area contributed by atoms with E-state index < -0.39 is 0 Å². The number of benzene rings is 1. The minimum atomic E-state index is 0.474. The molecule has 0 saturated heterocycles. The first kappa shape index (κ1) is 13.1. The highest BCUT2D eigenvalue weighted by molar-refractivity contribution is 5.34. The highest BCUT2D eigenvalue weighted by Gasteiger charge is 2.33. The predicted molar refractivity (Wildman–Crippen MR) is 79.8 cm³/mol. The molecule has 1 aromatic carbocycles. The van der Waals surface area contributed by atoms with E-state index >= 15 is 0 Å². The third-order valence-electron chi connectivity index (χ3n) is 5.20. The summed E-state index contributed by atoms with van der Waals surface area (Å²) in [6.45, 7) is 0. The lowest BCUT2D eigenvalue weighted by molar-refractivity contribution is 0.230. The lowest BCUT2D eigenvalue weighted by atomic mass is 9.71. The summed E-state index contributed by atoms with van der Waals surface area (Å²) in [6, 6.07) is 9.46. The van der Waals surface area contributed by atoms with Crippen LogP contribution in [-0.2, 0) is 6.42 Å². The normalized spacial score (nSPS) is 25.8. The van der Waals surface area contributed by atoms with Crippen molar-refractivity contribution in [2.75, 3.05) is 0 Å². The van der Waals surface area contributed by atoms with Gasteiger partial charge in [0.15, 0.2) is 0 Å². The minimum absolute atomic E-state index is 0.474. The van der Waals surface area contributed by atoms with Crippen LogP contribution in [0.15, 0.2) is 24.3 Å². The Morgan fingerprint density at radius 3 is 2.58 bits per heavy atom. The Morgan fingerprint density at radius 2 is 1.79 bits per heavy atom. The van der Waals surface area contributed by atoms with E-state index in [0.29, 0.717) is 12.0 Å². The van der Waals surface area contributed by atoms with E-state index in [-0.39, 0.29) is 0 Å². The molecule has 1 fully saturated rings. The van der Waals surface area contributed by atoms with Crippen molar-refractivity contribution in [2.24, 2.45) is 11.8 Å². The molecule has 3 N–H and O–H groups in total. The molecule has 2 atom stereocenters. The number of aryl methyl sites for hydroxylation is 1. The van der Waals surface area contributed by atoms with Gasteiger partial charge in [-0.05, 0) is 49.1 Å². The molecular weight excluding hydrogens is 232 g/mol. The summed E-state index contributed by atoms with van der Waals surface area (Å²) in [5, 5.41) is 0. The molecule has 0 aromatic heterocycles. The Morgan fingerprint density at radius 1 is 1.00 bits per heavy atom. The minimum Gasteiger partial charge on any atom is -0.271 e. The zero-order valence-electron chi connectivity index (χ0n) is 11.8. The molecular formula is C17H26N2. The molecule has 3 rings (SSSR count). The van der Waals surface area contributed by atoms with Crippen LogP contribution in [0.2, 0.25) is 0 Å². The van der Waals surface area contributed by atoms with Crippen LogP contribution in [0.1, 0.15) is 62.0 Å². The van der Waals surface area contributed by atoms with E-state index in [2.05, 4.69) is 29.7 Å². The first-order valence-electron chi connectivity index (χ1n) is 7.94. The van der Waals surface area contributed by atoms with Crippen molar-refractivity contribution < 1.29 is 0 Å². The molecule has 0 aliphatic heterocycles. The summed E-state index contributed by atoms with van der Waals surface area (Å²) in [5.41, 5.74) is 6.29. The molecule has 1 aromatic rings. The zero-order chi connectivity index (χ0) is 13.1. The molecule has 0 spiro atoms. The second kappa shape index (κ2) is 6.06. The molecule has 2 nitrogen and oxygen atoms in total. The highest BCUT2D eigenvalue weighted by atomic mass is 15.2. The molecule has 2 heteroatoms. The van der Waals surface area contributed by atoms with Crippen LogP contribution in [0.4, 0.5) is 0 Å². The largest absolute Gasteiger partial charge is 0.271 e. The number of rotatable bonds is 3. The van der Waals surface area contributed by atoms with E-state index in [4.69, 9.17) is 5.84 Å². The Hall–Kier alpha value is -0.860. The smallest absolute Gasteiger partial charge is 0.0307 e. The van der Waals surface area contributed by atoms with Crippen LogP contribution in [-0.4, -0.2) is 6.04 Å². The third kappa shape index (κ3) is 2.70. The van der Waals surface area contributed by atoms with E-state index in [9.17, 15) is 0 Å². The lowest BCUT2D eigenvalue weighted by Crippen LogP contribution is -2.46. The fourth-order valence-electron chi connectivity index (χ4n) is 4.24. The average molecular weight is 258 g/mol. The van der Waals surface area contributed by atoms with Gasteiger partial charge >= 0.3 is 0 Å². The van der Waals surface area contributed by atoms with Crippen molar-refractivity contribution >= 4 is 0 Å². The molecule has 0 radical (unpaired) electrons. The van der Waals surface area contributed by atoms with Crippen molar-refractivity contribution in [3.05, 3.63) is 35.4 Å².